The van der Waals surface area contributed by atoms with Crippen LogP contribution in [-0.2, 0) is 0 Å². The predicted molar refractivity (Wildman–Crippen MR) is 64.9 cm³/mol. The Hall–Kier alpha value is -0.350. The summed E-state index contributed by atoms with van der Waals surface area (Å²) in [4.78, 5) is 8.79. The Morgan fingerprint density at radius 3 is 3.00 bits per heavy atom. The van der Waals surface area contributed by atoms with E-state index in [0.29, 0.717) is 6.04 Å². The monoisotopic (exact) mass is 270 g/mol. The Kier molecular flexibility index (Phi) is 3.23. The van der Waals surface area contributed by atoms with Crippen molar-refractivity contribution in [1.29, 1.82) is 0 Å². The van der Waals surface area contributed by atoms with Gasteiger partial charge in [0.05, 0.1) is 11.1 Å². The Morgan fingerprint density at radius 2 is 2.36 bits per heavy atom. The largest absolute Gasteiger partial charge is 0.275 e. The maximum absolute atomic E-state index is 4.64. The van der Waals surface area contributed by atoms with Gasteiger partial charge >= 0.3 is 0 Å². The van der Waals surface area contributed by atoms with Crippen molar-refractivity contribution in [3.8, 4) is 0 Å². The smallest absolute Gasteiger partial charge is 0.0777 e. The molecule has 1 atom stereocenters. The minimum absolute atomic E-state index is 0.322. The van der Waals surface area contributed by atoms with Crippen molar-refractivity contribution in [3.05, 3.63) is 28.5 Å². The third-order valence-corrected chi connectivity index (χ3v) is 3.49. The van der Waals surface area contributed by atoms with E-state index < -0.39 is 0 Å². The SMILES string of the molecule is CSC1=NC(c2cncc(Br)c2)CC1. The molecule has 2 nitrogen and oxygen atoms in total. The van der Waals surface area contributed by atoms with Gasteiger partial charge in [0.1, 0.15) is 0 Å². The van der Waals surface area contributed by atoms with Gasteiger partial charge in [0.15, 0.2) is 0 Å². The van der Waals surface area contributed by atoms with Gasteiger partial charge in [0.2, 0.25) is 0 Å². The predicted octanol–water partition coefficient (Wildman–Crippen LogP) is 3.44. The molecule has 0 N–H and O–H groups in total. The number of hydrogen-bond acceptors (Lipinski definition) is 3. The number of aliphatic imine (C=N–C) groups is 1. The number of halogens is 1. The molecule has 0 spiro atoms. The molecule has 0 aliphatic carbocycles. The minimum atomic E-state index is 0.322. The van der Waals surface area contributed by atoms with Crippen molar-refractivity contribution in [2.75, 3.05) is 6.26 Å². The summed E-state index contributed by atoms with van der Waals surface area (Å²) in [5, 5.41) is 1.26. The second kappa shape index (κ2) is 4.45. The van der Waals surface area contributed by atoms with Gasteiger partial charge in [-0.1, -0.05) is 0 Å². The van der Waals surface area contributed by atoms with E-state index in [1.807, 2.05) is 6.20 Å². The summed E-state index contributed by atoms with van der Waals surface area (Å²) >= 11 is 5.18. The van der Waals surface area contributed by atoms with Crippen molar-refractivity contribution < 1.29 is 0 Å². The highest BCUT2D eigenvalue weighted by molar-refractivity contribution is 9.10. The van der Waals surface area contributed by atoms with Crippen LogP contribution < -0.4 is 0 Å². The lowest BCUT2D eigenvalue weighted by molar-refractivity contribution is 0.719. The van der Waals surface area contributed by atoms with E-state index in [9.17, 15) is 0 Å². The summed E-state index contributed by atoms with van der Waals surface area (Å²) in [6.07, 6.45) is 8.02. The van der Waals surface area contributed by atoms with Crippen molar-refractivity contribution in [3.63, 3.8) is 0 Å². The fourth-order valence-corrected chi connectivity index (χ4v) is 2.51. The molecule has 4 heteroatoms. The van der Waals surface area contributed by atoms with Gasteiger partial charge in [-0.15, -0.1) is 11.8 Å². The van der Waals surface area contributed by atoms with Gasteiger partial charge in [-0.2, -0.15) is 0 Å². The summed E-state index contributed by atoms with van der Waals surface area (Å²) in [7, 11) is 0. The summed E-state index contributed by atoms with van der Waals surface area (Å²) in [5.41, 5.74) is 1.21. The molecule has 0 fully saturated rings. The van der Waals surface area contributed by atoms with E-state index in [2.05, 4.69) is 38.2 Å². The molecule has 74 valence electrons. The van der Waals surface area contributed by atoms with Crippen LogP contribution >= 0.6 is 27.7 Å². The van der Waals surface area contributed by atoms with Crippen LogP contribution in [-0.4, -0.2) is 16.3 Å². The second-order valence-corrected chi connectivity index (χ2v) is 5.01. The lowest BCUT2D eigenvalue weighted by Gasteiger charge is -2.05. The third kappa shape index (κ3) is 2.17. The first-order valence-electron chi connectivity index (χ1n) is 4.50. The highest BCUT2D eigenvalue weighted by Crippen LogP contribution is 2.31. The zero-order valence-corrected chi connectivity index (χ0v) is 10.3. The fraction of sp³-hybridized carbons (Fsp3) is 0.400. The second-order valence-electron chi connectivity index (χ2n) is 3.22. The molecule has 2 rings (SSSR count). The van der Waals surface area contributed by atoms with E-state index >= 15 is 0 Å². The standard InChI is InChI=1S/C10H11BrN2S/c1-14-10-3-2-9(13-10)7-4-8(11)6-12-5-7/h4-6,9H,2-3H2,1H3. The van der Waals surface area contributed by atoms with E-state index in [4.69, 9.17) is 0 Å². The maximum Gasteiger partial charge on any atom is 0.0777 e. The van der Waals surface area contributed by atoms with Gasteiger partial charge in [-0.3, -0.25) is 9.98 Å². The molecule has 0 saturated carbocycles. The molecule has 1 aromatic heterocycles. The summed E-state index contributed by atoms with van der Waals surface area (Å²) < 4.78 is 1.03. The van der Waals surface area contributed by atoms with Gasteiger partial charge in [-0.05, 0) is 46.7 Å². The first-order chi connectivity index (χ1) is 6.79. The minimum Gasteiger partial charge on any atom is -0.275 e. The molecular formula is C10H11BrN2S. The van der Waals surface area contributed by atoms with Crippen LogP contribution in [0.3, 0.4) is 0 Å². The molecular weight excluding hydrogens is 260 g/mol. The lowest BCUT2D eigenvalue weighted by atomic mass is 10.1. The maximum atomic E-state index is 4.64. The van der Waals surface area contributed by atoms with Crippen LogP contribution in [0.4, 0.5) is 0 Å². The van der Waals surface area contributed by atoms with Crippen molar-refractivity contribution in [1.82, 2.24) is 4.98 Å². The summed E-state index contributed by atoms with van der Waals surface area (Å²) in [5.74, 6) is 0. The number of aromatic nitrogens is 1. The fourth-order valence-electron chi connectivity index (χ4n) is 1.57. The van der Waals surface area contributed by atoms with E-state index in [0.717, 1.165) is 17.3 Å². The average Bonchev–Trinajstić information content (AvgIpc) is 2.66. The van der Waals surface area contributed by atoms with Gasteiger partial charge in [-0.25, -0.2) is 0 Å². The van der Waals surface area contributed by atoms with Crippen LogP contribution in [0, 0.1) is 0 Å². The first-order valence-corrected chi connectivity index (χ1v) is 6.52. The molecule has 1 aliphatic rings. The van der Waals surface area contributed by atoms with Crippen LogP contribution in [0.1, 0.15) is 24.4 Å². The number of hydrogen-bond donors (Lipinski definition) is 0. The molecule has 0 radical (unpaired) electrons. The molecule has 1 aliphatic heterocycles. The zero-order valence-electron chi connectivity index (χ0n) is 7.90. The Balaban J connectivity index is 2.21. The van der Waals surface area contributed by atoms with Gasteiger partial charge < -0.3 is 0 Å². The van der Waals surface area contributed by atoms with Crippen LogP contribution in [0.25, 0.3) is 0 Å². The Labute approximate surface area is 96.4 Å². The third-order valence-electron chi connectivity index (χ3n) is 2.28. The number of pyridine rings is 1. The van der Waals surface area contributed by atoms with E-state index in [1.165, 1.54) is 10.6 Å². The molecule has 0 aromatic carbocycles. The van der Waals surface area contributed by atoms with E-state index in [-0.39, 0.29) is 0 Å². The first kappa shape index (κ1) is 10.2. The average molecular weight is 271 g/mol. The van der Waals surface area contributed by atoms with Crippen LogP contribution in [0.15, 0.2) is 27.9 Å². The molecule has 2 heterocycles. The topological polar surface area (TPSA) is 25.2 Å². The van der Waals surface area contributed by atoms with Crippen molar-refractivity contribution >= 4 is 32.7 Å². The molecule has 14 heavy (non-hydrogen) atoms. The molecule has 0 saturated heterocycles. The lowest BCUT2D eigenvalue weighted by Crippen LogP contribution is -1.91. The zero-order chi connectivity index (χ0) is 9.97. The summed E-state index contributed by atoms with van der Waals surface area (Å²) in [6.45, 7) is 0. The molecule has 1 aromatic rings. The molecule has 1 unspecified atom stereocenters. The summed E-state index contributed by atoms with van der Waals surface area (Å²) in [6, 6.07) is 2.42. The number of thioether (sulfide) groups is 1. The number of rotatable bonds is 1. The van der Waals surface area contributed by atoms with Gasteiger partial charge in [0, 0.05) is 16.9 Å². The molecule has 0 bridgehead atoms. The number of nitrogens with zero attached hydrogens (tertiary/aromatic N) is 2. The van der Waals surface area contributed by atoms with Crippen LogP contribution in [0.2, 0.25) is 0 Å². The normalized spacial score (nSPS) is 21.0. The highest BCUT2D eigenvalue weighted by Gasteiger charge is 2.18. The Morgan fingerprint density at radius 1 is 1.50 bits per heavy atom. The highest BCUT2D eigenvalue weighted by atomic mass is 79.9. The van der Waals surface area contributed by atoms with Crippen molar-refractivity contribution in [2.45, 2.75) is 18.9 Å². The molecule has 0 amide bonds. The van der Waals surface area contributed by atoms with E-state index in [1.54, 1.807) is 18.0 Å². The Bertz CT molecular complexity index is 365. The van der Waals surface area contributed by atoms with Crippen molar-refractivity contribution in [2.24, 2.45) is 4.99 Å². The van der Waals surface area contributed by atoms with Gasteiger partial charge in [0.25, 0.3) is 0 Å². The quantitative estimate of drug-likeness (QED) is 0.781. The van der Waals surface area contributed by atoms with Crippen LogP contribution in [0.5, 0.6) is 0 Å².